The summed E-state index contributed by atoms with van der Waals surface area (Å²) in [6.45, 7) is 5.20. The summed E-state index contributed by atoms with van der Waals surface area (Å²) < 4.78 is 0. The largest absolute Gasteiger partial charge is 0.480 e. The maximum Gasteiger partial charge on any atom is 0.326 e. The monoisotopic (exact) mass is 372 g/mol. The molecule has 0 aromatic carbocycles. The van der Waals surface area contributed by atoms with Crippen LogP contribution in [0.2, 0.25) is 0 Å². The zero-order chi connectivity index (χ0) is 19.4. The number of rotatable bonds is 6. The van der Waals surface area contributed by atoms with Gasteiger partial charge in [-0.1, -0.05) is 0 Å². The van der Waals surface area contributed by atoms with Gasteiger partial charge < -0.3 is 20.3 Å². The average Bonchev–Trinajstić information content (AvgIpc) is 3.13. The number of aromatic nitrogens is 4. The van der Waals surface area contributed by atoms with Crippen LogP contribution >= 0.6 is 0 Å². The lowest BCUT2D eigenvalue weighted by atomic mass is 9.95. The number of aromatic amines is 1. The molecule has 9 heteroatoms. The van der Waals surface area contributed by atoms with E-state index >= 15 is 0 Å². The topological polar surface area (TPSA) is 124 Å². The summed E-state index contributed by atoms with van der Waals surface area (Å²) in [6, 6.07) is 0.953. The van der Waals surface area contributed by atoms with Crippen LogP contribution in [0, 0.1) is 19.8 Å². The predicted molar refractivity (Wildman–Crippen MR) is 98.3 cm³/mol. The summed E-state index contributed by atoms with van der Waals surface area (Å²) in [5.41, 5.74) is 2.51. The van der Waals surface area contributed by atoms with Gasteiger partial charge in [0, 0.05) is 48.7 Å². The van der Waals surface area contributed by atoms with Crippen LogP contribution in [-0.2, 0) is 16.0 Å². The van der Waals surface area contributed by atoms with Gasteiger partial charge in [0.25, 0.3) is 0 Å². The van der Waals surface area contributed by atoms with Gasteiger partial charge in [0.1, 0.15) is 6.04 Å². The molecule has 1 atom stereocenters. The Morgan fingerprint density at radius 2 is 1.96 bits per heavy atom. The van der Waals surface area contributed by atoms with Crippen LogP contribution in [0.15, 0.2) is 18.6 Å². The molecule has 1 saturated heterocycles. The molecule has 144 valence electrons. The molecule has 1 fully saturated rings. The Balaban J connectivity index is 1.56. The number of hydrogen-bond acceptors (Lipinski definition) is 6. The minimum Gasteiger partial charge on any atom is -0.480 e. The fourth-order valence-corrected chi connectivity index (χ4v) is 3.30. The Labute approximate surface area is 157 Å². The highest BCUT2D eigenvalue weighted by Gasteiger charge is 2.29. The van der Waals surface area contributed by atoms with Crippen LogP contribution in [-0.4, -0.2) is 56.1 Å². The lowest BCUT2D eigenvalue weighted by Gasteiger charge is -2.32. The smallest absolute Gasteiger partial charge is 0.326 e. The Kier molecular flexibility index (Phi) is 5.68. The van der Waals surface area contributed by atoms with E-state index in [1.807, 2.05) is 19.9 Å². The van der Waals surface area contributed by atoms with E-state index in [9.17, 15) is 14.7 Å². The number of nitrogens with zero attached hydrogens (tertiary/aromatic N) is 4. The molecule has 1 aliphatic heterocycles. The molecule has 3 N–H and O–H groups in total. The number of carbonyl (C=O) groups is 2. The Bertz CT molecular complexity index is 779. The van der Waals surface area contributed by atoms with E-state index in [1.54, 1.807) is 6.20 Å². The second kappa shape index (κ2) is 8.15. The summed E-state index contributed by atoms with van der Waals surface area (Å²) in [7, 11) is 0. The van der Waals surface area contributed by atoms with Crippen molar-refractivity contribution in [2.75, 3.05) is 18.0 Å². The van der Waals surface area contributed by atoms with E-state index in [1.165, 1.54) is 6.33 Å². The molecule has 9 nitrogen and oxygen atoms in total. The predicted octanol–water partition coefficient (Wildman–Crippen LogP) is 0.845. The number of imidazole rings is 1. The number of carboxylic acids is 1. The van der Waals surface area contributed by atoms with Crippen LogP contribution in [0.25, 0.3) is 0 Å². The van der Waals surface area contributed by atoms with Crippen LogP contribution in [0.5, 0.6) is 0 Å². The first kappa shape index (κ1) is 18.8. The minimum atomic E-state index is -1.06. The molecule has 0 aliphatic carbocycles. The summed E-state index contributed by atoms with van der Waals surface area (Å²) >= 11 is 0. The average molecular weight is 372 g/mol. The Morgan fingerprint density at radius 3 is 2.52 bits per heavy atom. The minimum absolute atomic E-state index is 0.177. The van der Waals surface area contributed by atoms with E-state index in [0.29, 0.717) is 37.6 Å². The molecule has 1 unspecified atom stereocenters. The van der Waals surface area contributed by atoms with Gasteiger partial charge in [-0.25, -0.2) is 19.7 Å². The maximum atomic E-state index is 12.5. The number of nitrogens with one attached hydrogen (secondary N) is 2. The molecule has 0 saturated carbocycles. The second-order valence-electron chi connectivity index (χ2n) is 6.89. The van der Waals surface area contributed by atoms with E-state index in [-0.39, 0.29) is 18.2 Å². The zero-order valence-electron chi connectivity index (χ0n) is 15.5. The highest BCUT2D eigenvalue weighted by molar-refractivity contribution is 5.85. The van der Waals surface area contributed by atoms with Gasteiger partial charge >= 0.3 is 5.97 Å². The quantitative estimate of drug-likeness (QED) is 0.686. The lowest BCUT2D eigenvalue weighted by Crippen LogP contribution is -2.47. The number of amides is 1. The van der Waals surface area contributed by atoms with Crippen molar-refractivity contribution in [2.24, 2.45) is 5.92 Å². The molecule has 0 spiro atoms. The van der Waals surface area contributed by atoms with Crippen molar-refractivity contribution in [1.29, 1.82) is 0 Å². The van der Waals surface area contributed by atoms with Crippen LogP contribution < -0.4 is 10.2 Å². The van der Waals surface area contributed by atoms with Gasteiger partial charge in [-0.3, -0.25) is 4.79 Å². The van der Waals surface area contributed by atoms with Crippen molar-refractivity contribution >= 4 is 17.8 Å². The number of anilines is 1. The maximum absolute atomic E-state index is 12.5. The first-order valence-electron chi connectivity index (χ1n) is 9.00. The molecular weight excluding hydrogens is 348 g/mol. The van der Waals surface area contributed by atoms with Crippen molar-refractivity contribution in [3.8, 4) is 0 Å². The van der Waals surface area contributed by atoms with Gasteiger partial charge in [-0.15, -0.1) is 0 Å². The molecular formula is C18H24N6O3. The molecule has 1 aliphatic rings. The number of piperidine rings is 1. The number of hydrogen-bond donors (Lipinski definition) is 3. The van der Waals surface area contributed by atoms with E-state index in [2.05, 4.69) is 30.2 Å². The number of carbonyl (C=O) groups excluding carboxylic acids is 1. The van der Waals surface area contributed by atoms with E-state index < -0.39 is 12.0 Å². The molecule has 3 heterocycles. The highest BCUT2D eigenvalue weighted by Crippen LogP contribution is 2.21. The normalized spacial score (nSPS) is 16.1. The molecule has 3 rings (SSSR count). The first-order chi connectivity index (χ1) is 12.9. The summed E-state index contributed by atoms with van der Waals surface area (Å²) in [6.07, 6.45) is 4.50. The first-order valence-corrected chi connectivity index (χ1v) is 9.00. The van der Waals surface area contributed by atoms with Crippen LogP contribution in [0.3, 0.4) is 0 Å². The van der Waals surface area contributed by atoms with Gasteiger partial charge in [0.2, 0.25) is 11.9 Å². The Hall–Kier alpha value is -2.97. The standard InChI is InChI=1S/C18H24N6O3/c1-11-7-12(2)22-18(21-11)24-5-3-13(4-6-24)16(25)23-15(17(26)27)8-14-9-19-10-20-14/h7,9-10,13,15H,3-6,8H2,1-2H3,(H,19,20)(H,23,25)(H,26,27). The van der Waals surface area contributed by atoms with Crippen molar-refractivity contribution in [1.82, 2.24) is 25.3 Å². The SMILES string of the molecule is Cc1cc(C)nc(N2CCC(C(=O)NC(Cc3cnc[nH]3)C(=O)O)CC2)n1. The van der Waals surface area contributed by atoms with Crippen molar-refractivity contribution < 1.29 is 14.7 Å². The lowest BCUT2D eigenvalue weighted by molar-refractivity contribution is -0.142. The molecule has 0 radical (unpaired) electrons. The third-order valence-corrected chi connectivity index (χ3v) is 4.71. The second-order valence-corrected chi connectivity index (χ2v) is 6.89. The van der Waals surface area contributed by atoms with Gasteiger partial charge in [-0.05, 0) is 32.8 Å². The number of H-pyrrole nitrogens is 1. The van der Waals surface area contributed by atoms with Gasteiger partial charge in [0.05, 0.1) is 6.33 Å². The molecule has 27 heavy (non-hydrogen) atoms. The number of aryl methyl sites for hydroxylation is 2. The summed E-state index contributed by atoms with van der Waals surface area (Å²) in [5, 5.41) is 12.0. The fraction of sp³-hybridized carbons (Fsp3) is 0.500. The zero-order valence-corrected chi connectivity index (χ0v) is 15.5. The number of aliphatic carboxylic acids is 1. The highest BCUT2D eigenvalue weighted by atomic mass is 16.4. The third kappa shape index (κ3) is 4.81. The fourth-order valence-electron chi connectivity index (χ4n) is 3.30. The van der Waals surface area contributed by atoms with E-state index in [4.69, 9.17) is 0 Å². The molecule has 2 aromatic heterocycles. The number of carboxylic acid groups (broad SMARTS) is 1. The van der Waals surface area contributed by atoms with Crippen molar-refractivity contribution in [3.63, 3.8) is 0 Å². The summed E-state index contributed by atoms with van der Waals surface area (Å²) in [4.78, 5) is 41.8. The summed E-state index contributed by atoms with van der Waals surface area (Å²) in [5.74, 6) is -0.799. The molecule has 1 amide bonds. The van der Waals surface area contributed by atoms with Crippen molar-refractivity contribution in [2.45, 2.75) is 39.2 Å². The van der Waals surface area contributed by atoms with Crippen LogP contribution in [0.1, 0.15) is 29.9 Å². The van der Waals surface area contributed by atoms with Crippen LogP contribution in [0.4, 0.5) is 5.95 Å². The molecule has 0 bridgehead atoms. The van der Waals surface area contributed by atoms with E-state index in [0.717, 1.165) is 11.4 Å². The van der Waals surface area contributed by atoms with Gasteiger partial charge in [0.15, 0.2) is 0 Å². The Morgan fingerprint density at radius 1 is 1.30 bits per heavy atom. The third-order valence-electron chi connectivity index (χ3n) is 4.71. The van der Waals surface area contributed by atoms with Gasteiger partial charge in [-0.2, -0.15) is 0 Å². The molecule has 2 aromatic rings. The van der Waals surface area contributed by atoms with Crippen molar-refractivity contribution in [3.05, 3.63) is 35.7 Å².